The molecule has 2 aliphatic rings. The topological polar surface area (TPSA) is 85.4 Å². The fourth-order valence-corrected chi connectivity index (χ4v) is 1.90. The van der Waals surface area contributed by atoms with E-state index < -0.39 is 36.4 Å². The van der Waals surface area contributed by atoms with Gasteiger partial charge in [0, 0.05) is 13.3 Å². The maximum atomic E-state index is 11.5. The number of carbonyl (C=O) groups is 2. The molecule has 6 nitrogen and oxygen atoms in total. The van der Waals surface area contributed by atoms with Gasteiger partial charge in [0.15, 0.2) is 6.10 Å². The molecule has 0 bridgehead atoms. The van der Waals surface area contributed by atoms with Crippen LogP contribution in [-0.2, 0) is 23.8 Å². The molecule has 18 heavy (non-hydrogen) atoms. The molecule has 1 saturated heterocycles. The molecule has 2 heterocycles. The van der Waals surface area contributed by atoms with Crippen molar-refractivity contribution < 1.29 is 28.9 Å². The number of fused-ring (bicyclic) bond motifs is 1. The maximum absolute atomic E-state index is 11.5. The Bertz CT molecular complexity index is 377. The average Bonchev–Trinajstić information content (AvgIpc) is 3.01. The molecule has 0 amide bonds. The second-order valence-corrected chi connectivity index (χ2v) is 4.53. The molecule has 0 radical (unpaired) electrons. The minimum absolute atomic E-state index is 0.200. The molecule has 5 unspecified atom stereocenters. The summed E-state index contributed by atoms with van der Waals surface area (Å²) in [7, 11) is 0. The molecular formula is C12H16O6. The molecule has 5 atom stereocenters. The Morgan fingerprint density at radius 3 is 2.89 bits per heavy atom. The van der Waals surface area contributed by atoms with Crippen LogP contribution < -0.4 is 0 Å². The molecule has 6 heteroatoms. The summed E-state index contributed by atoms with van der Waals surface area (Å²) in [6.45, 7) is 2.95. The first-order chi connectivity index (χ1) is 8.47. The van der Waals surface area contributed by atoms with Crippen LogP contribution in [0.15, 0.2) is 12.2 Å². The lowest BCUT2D eigenvalue weighted by Crippen LogP contribution is -2.34. The van der Waals surface area contributed by atoms with Gasteiger partial charge in [0.05, 0.1) is 6.10 Å². The number of aliphatic hydroxyl groups is 1. The number of rotatable bonds is 1. The van der Waals surface area contributed by atoms with Crippen molar-refractivity contribution in [3.8, 4) is 0 Å². The van der Waals surface area contributed by atoms with Gasteiger partial charge in [-0.05, 0) is 13.0 Å². The van der Waals surface area contributed by atoms with E-state index in [1.807, 2.05) is 0 Å². The van der Waals surface area contributed by atoms with Crippen LogP contribution in [0.25, 0.3) is 0 Å². The molecule has 100 valence electrons. The van der Waals surface area contributed by atoms with Gasteiger partial charge in [-0.15, -0.1) is 0 Å². The van der Waals surface area contributed by atoms with E-state index in [0.717, 1.165) is 0 Å². The van der Waals surface area contributed by atoms with Crippen molar-refractivity contribution in [2.24, 2.45) is 0 Å². The van der Waals surface area contributed by atoms with Gasteiger partial charge >= 0.3 is 11.9 Å². The van der Waals surface area contributed by atoms with E-state index in [1.54, 1.807) is 19.1 Å². The highest BCUT2D eigenvalue weighted by Gasteiger charge is 2.46. The predicted octanol–water partition coefficient (Wildman–Crippen LogP) is -0.0620. The highest BCUT2D eigenvalue weighted by Crippen LogP contribution is 2.27. The van der Waals surface area contributed by atoms with E-state index in [1.165, 1.54) is 6.92 Å². The Morgan fingerprint density at radius 1 is 1.50 bits per heavy atom. The SMILES string of the molecule is CC(=O)OC1C=CC2OC2C(=O)OC(C)CC1O. The molecule has 0 aliphatic carbocycles. The number of ether oxygens (including phenoxy) is 3. The zero-order valence-electron chi connectivity index (χ0n) is 10.2. The second kappa shape index (κ2) is 5.07. The van der Waals surface area contributed by atoms with Crippen LogP contribution in [0.1, 0.15) is 20.3 Å². The Labute approximate surface area is 105 Å². The summed E-state index contributed by atoms with van der Waals surface area (Å²) >= 11 is 0. The molecule has 2 rings (SSSR count). The lowest BCUT2D eigenvalue weighted by atomic mass is 10.1. The minimum Gasteiger partial charge on any atom is -0.461 e. The van der Waals surface area contributed by atoms with E-state index >= 15 is 0 Å². The van der Waals surface area contributed by atoms with Gasteiger partial charge in [-0.3, -0.25) is 4.79 Å². The fourth-order valence-electron chi connectivity index (χ4n) is 1.90. The van der Waals surface area contributed by atoms with Crippen molar-refractivity contribution in [1.82, 2.24) is 0 Å². The van der Waals surface area contributed by atoms with Gasteiger partial charge in [0.1, 0.15) is 18.3 Å². The van der Waals surface area contributed by atoms with Gasteiger partial charge in [-0.1, -0.05) is 6.08 Å². The Hall–Kier alpha value is -1.40. The van der Waals surface area contributed by atoms with Crippen LogP contribution >= 0.6 is 0 Å². The summed E-state index contributed by atoms with van der Waals surface area (Å²) < 4.78 is 15.2. The Morgan fingerprint density at radius 2 is 2.22 bits per heavy atom. The van der Waals surface area contributed by atoms with E-state index in [-0.39, 0.29) is 12.5 Å². The van der Waals surface area contributed by atoms with Gasteiger partial charge < -0.3 is 19.3 Å². The number of epoxide rings is 1. The number of aliphatic hydroxyl groups excluding tert-OH is 1. The van der Waals surface area contributed by atoms with Crippen molar-refractivity contribution in [3.63, 3.8) is 0 Å². The number of carbonyl (C=O) groups excluding carboxylic acids is 2. The Balaban J connectivity index is 2.11. The number of hydrogen-bond donors (Lipinski definition) is 1. The van der Waals surface area contributed by atoms with Crippen molar-refractivity contribution in [2.45, 2.75) is 50.8 Å². The first-order valence-electron chi connectivity index (χ1n) is 5.87. The van der Waals surface area contributed by atoms with Crippen molar-refractivity contribution in [1.29, 1.82) is 0 Å². The monoisotopic (exact) mass is 256 g/mol. The number of hydrogen-bond acceptors (Lipinski definition) is 6. The molecule has 1 fully saturated rings. The highest BCUT2D eigenvalue weighted by atomic mass is 16.6. The number of cyclic esters (lactones) is 1. The van der Waals surface area contributed by atoms with Crippen LogP contribution in [0.5, 0.6) is 0 Å². The molecule has 0 aromatic carbocycles. The van der Waals surface area contributed by atoms with Crippen LogP contribution in [0.2, 0.25) is 0 Å². The molecular weight excluding hydrogens is 240 g/mol. The van der Waals surface area contributed by atoms with Crippen molar-refractivity contribution in [2.75, 3.05) is 0 Å². The standard InChI is InChI=1S/C12H16O6/c1-6-5-8(14)9(17-7(2)13)3-4-10-11(18-10)12(15)16-6/h3-4,6,8-11,14H,5H2,1-2H3. The van der Waals surface area contributed by atoms with Crippen LogP contribution in [0, 0.1) is 0 Å². The van der Waals surface area contributed by atoms with Crippen molar-refractivity contribution >= 4 is 11.9 Å². The summed E-state index contributed by atoms with van der Waals surface area (Å²) in [6, 6.07) is 0. The quantitative estimate of drug-likeness (QED) is 0.402. The smallest absolute Gasteiger partial charge is 0.338 e. The maximum Gasteiger partial charge on any atom is 0.338 e. The highest BCUT2D eigenvalue weighted by molar-refractivity contribution is 5.78. The predicted molar refractivity (Wildman–Crippen MR) is 59.5 cm³/mol. The molecule has 0 spiro atoms. The third kappa shape index (κ3) is 3.08. The largest absolute Gasteiger partial charge is 0.461 e. The molecule has 0 aromatic heterocycles. The molecule has 2 aliphatic heterocycles. The van der Waals surface area contributed by atoms with E-state index in [2.05, 4.69) is 0 Å². The molecule has 0 aromatic rings. The van der Waals surface area contributed by atoms with Gasteiger partial charge in [-0.25, -0.2) is 4.79 Å². The van der Waals surface area contributed by atoms with Gasteiger partial charge in [0.25, 0.3) is 0 Å². The van der Waals surface area contributed by atoms with Crippen molar-refractivity contribution in [3.05, 3.63) is 12.2 Å². The van der Waals surface area contributed by atoms with E-state index in [0.29, 0.717) is 0 Å². The zero-order chi connectivity index (χ0) is 13.3. The van der Waals surface area contributed by atoms with Gasteiger partial charge in [0.2, 0.25) is 0 Å². The van der Waals surface area contributed by atoms with Crippen LogP contribution in [-0.4, -0.2) is 47.6 Å². The average molecular weight is 256 g/mol. The first kappa shape index (κ1) is 13.0. The summed E-state index contributed by atoms with van der Waals surface area (Å²) in [5.41, 5.74) is 0. The minimum atomic E-state index is -0.914. The summed E-state index contributed by atoms with van der Waals surface area (Å²) in [4.78, 5) is 22.5. The number of esters is 2. The summed E-state index contributed by atoms with van der Waals surface area (Å²) in [6.07, 6.45) is 0.327. The van der Waals surface area contributed by atoms with E-state index in [9.17, 15) is 14.7 Å². The zero-order valence-corrected chi connectivity index (χ0v) is 10.2. The lowest BCUT2D eigenvalue weighted by molar-refractivity contribution is -0.156. The second-order valence-electron chi connectivity index (χ2n) is 4.53. The molecule has 0 saturated carbocycles. The Kier molecular flexibility index (Phi) is 3.68. The third-order valence-corrected chi connectivity index (χ3v) is 2.82. The summed E-state index contributed by atoms with van der Waals surface area (Å²) in [5.74, 6) is -0.894. The summed E-state index contributed by atoms with van der Waals surface area (Å²) in [5, 5.41) is 9.94. The van der Waals surface area contributed by atoms with Crippen LogP contribution in [0.4, 0.5) is 0 Å². The molecule has 1 N–H and O–H groups in total. The normalized spacial score (nSPS) is 39.5. The van der Waals surface area contributed by atoms with E-state index in [4.69, 9.17) is 14.2 Å². The third-order valence-electron chi connectivity index (χ3n) is 2.82. The van der Waals surface area contributed by atoms with Crippen LogP contribution in [0.3, 0.4) is 0 Å². The lowest BCUT2D eigenvalue weighted by Gasteiger charge is -2.23. The first-order valence-corrected chi connectivity index (χ1v) is 5.87. The van der Waals surface area contributed by atoms with Gasteiger partial charge in [-0.2, -0.15) is 0 Å². The fraction of sp³-hybridized carbons (Fsp3) is 0.667.